The lowest BCUT2D eigenvalue weighted by Gasteiger charge is -2.26. The predicted molar refractivity (Wildman–Crippen MR) is 121 cm³/mol. The molecule has 30 heavy (non-hydrogen) atoms. The number of carbonyl (C=O) groups excluding carboxylic acids is 2. The van der Waals surface area contributed by atoms with Crippen LogP contribution in [-0.4, -0.2) is 80.7 Å². The van der Waals surface area contributed by atoms with Crippen molar-refractivity contribution in [2.75, 3.05) is 47.3 Å². The van der Waals surface area contributed by atoms with Gasteiger partial charge in [-0.3, -0.25) is 9.79 Å². The molecule has 0 fully saturated rings. The first-order chi connectivity index (χ1) is 14.1. The average Bonchev–Trinajstić information content (AvgIpc) is 2.67. The van der Waals surface area contributed by atoms with Crippen LogP contribution in [0.1, 0.15) is 43.6 Å². The van der Waals surface area contributed by atoms with E-state index in [2.05, 4.69) is 15.6 Å². The molecule has 0 aliphatic carbocycles. The second-order valence-electron chi connectivity index (χ2n) is 8.14. The number of nitrogens with one attached hydrogen (secondary N) is 2. The molecule has 0 spiro atoms. The van der Waals surface area contributed by atoms with Crippen molar-refractivity contribution in [1.82, 2.24) is 20.4 Å². The van der Waals surface area contributed by atoms with Crippen LogP contribution in [0, 0.1) is 0 Å². The summed E-state index contributed by atoms with van der Waals surface area (Å²) in [5, 5.41) is 6.47. The first kappa shape index (κ1) is 25.3. The highest BCUT2D eigenvalue weighted by Crippen LogP contribution is 2.10. The van der Waals surface area contributed by atoms with Crippen LogP contribution in [0.5, 0.6) is 0 Å². The van der Waals surface area contributed by atoms with Gasteiger partial charge in [-0.15, -0.1) is 0 Å². The van der Waals surface area contributed by atoms with E-state index in [0.717, 1.165) is 12.0 Å². The molecular formula is C22H37N5O3. The van der Waals surface area contributed by atoms with Crippen molar-refractivity contribution in [1.29, 1.82) is 0 Å². The topological polar surface area (TPSA) is 86.3 Å². The van der Waals surface area contributed by atoms with Crippen LogP contribution >= 0.6 is 0 Å². The largest absolute Gasteiger partial charge is 0.444 e. The van der Waals surface area contributed by atoms with E-state index in [1.54, 1.807) is 30.9 Å². The number of ether oxygens (including phenoxy) is 1. The molecule has 0 radical (unpaired) electrons. The Hall–Kier alpha value is -2.77. The highest BCUT2D eigenvalue weighted by Gasteiger charge is 2.20. The van der Waals surface area contributed by atoms with Gasteiger partial charge in [-0.1, -0.05) is 12.1 Å². The van der Waals surface area contributed by atoms with Gasteiger partial charge in [0.15, 0.2) is 5.96 Å². The van der Waals surface area contributed by atoms with Crippen molar-refractivity contribution in [3.05, 3.63) is 35.4 Å². The van der Waals surface area contributed by atoms with Crippen molar-refractivity contribution in [2.24, 2.45) is 4.99 Å². The number of amides is 2. The zero-order chi connectivity index (χ0) is 22.7. The van der Waals surface area contributed by atoms with Crippen molar-refractivity contribution in [2.45, 2.75) is 39.7 Å². The van der Waals surface area contributed by atoms with Gasteiger partial charge in [-0.05, 0) is 51.8 Å². The molecule has 0 aromatic heterocycles. The SMILES string of the molecule is CCN(CCNC(=NC)NCCc1cccc(C(=O)N(C)C)c1)C(=O)OC(C)(C)C. The molecular weight excluding hydrogens is 382 g/mol. The standard InChI is InChI=1S/C22H37N5O3/c1-8-27(21(29)30-22(2,3)4)15-14-25-20(23-5)24-13-12-17-10-9-11-18(16-17)19(28)26(6)7/h9-11,16H,8,12-15H2,1-7H3,(H2,23,24,25). The molecule has 1 aromatic carbocycles. The van der Waals surface area contributed by atoms with E-state index in [4.69, 9.17) is 4.74 Å². The Labute approximate surface area is 180 Å². The number of carbonyl (C=O) groups is 2. The van der Waals surface area contributed by atoms with E-state index in [9.17, 15) is 9.59 Å². The molecule has 0 unspecified atom stereocenters. The van der Waals surface area contributed by atoms with Crippen LogP contribution in [0.25, 0.3) is 0 Å². The fourth-order valence-corrected chi connectivity index (χ4v) is 2.68. The quantitative estimate of drug-likeness (QED) is 0.499. The van der Waals surface area contributed by atoms with E-state index >= 15 is 0 Å². The number of likely N-dealkylation sites (N-methyl/N-ethyl adjacent to an activating group) is 1. The number of aliphatic imine (C=N–C) groups is 1. The smallest absolute Gasteiger partial charge is 0.410 e. The molecule has 8 nitrogen and oxygen atoms in total. The Balaban J connectivity index is 2.46. The fourth-order valence-electron chi connectivity index (χ4n) is 2.68. The molecule has 8 heteroatoms. The highest BCUT2D eigenvalue weighted by molar-refractivity contribution is 5.94. The molecule has 2 N–H and O–H groups in total. The molecule has 168 valence electrons. The maximum atomic E-state index is 12.2. The summed E-state index contributed by atoms with van der Waals surface area (Å²) in [5.41, 5.74) is 1.25. The van der Waals surface area contributed by atoms with E-state index in [0.29, 0.717) is 37.7 Å². The minimum Gasteiger partial charge on any atom is -0.444 e. The maximum Gasteiger partial charge on any atom is 0.410 e. The van der Waals surface area contributed by atoms with Crippen LogP contribution in [0.2, 0.25) is 0 Å². The normalized spacial score (nSPS) is 11.6. The summed E-state index contributed by atoms with van der Waals surface area (Å²) in [6.07, 6.45) is 0.440. The van der Waals surface area contributed by atoms with Gasteiger partial charge in [0.25, 0.3) is 5.91 Å². The maximum absolute atomic E-state index is 12.2. The first-order valence-corrected chi connectivity index (χ1v) is 10.3. The summed E-state index contributed by atoms with van der Waals surface area (Å²) >= 11 is 0. The molecule has 0 heterocycles. The van der Waals surface area contributed by atoms with Crippen molar-refractivity contribution >= 4 is 18.0 Å². The summed E-state index contributed by atoms with van der Waals surface area (Å²) in [6, 6.07) is 7.64. The third kappa shape index (κ3) is 9.15. The molecule has 2 amide bonds. The zero-order valence-electron chi connectivity index (χ0n) is 19.4. The number of rotatable bonds is 8. The van der Waals surface area contributed by atoms with E-state index in [1.807, 2.05) is 52.0 Å². The van der Waals surface area contributed by atoms with Gasteiger partial charge in [0.05, 0.1) is 0 Å². The number of nitrogens with zero attached hydrogens (tertiary/aromatic N) is 3. The predicted octanol–water partition coefficient (Wildman–Crippen LogP) is 2.35. The second kappa shape index (κ2) is 12.0. The molecule has 0 bridgehead atoms. The zero-order valence-corrected chi connectivity index (χ0v) is 19.4. The third-order valence-corrected chi connectivity index (χ3v) is 4.22. The van der Waals surface area contributed by atoms with Gasteiger partial charge in [0, 0.05) is 52.9 Å². The van der Waals surface area contributed by atoms with Gasteiger partial charge in [-0.2, -0.15) is 0 Å². The lowest BCUT2D eigenvalue weighted by atomic mass is 10.1. The molecule has 0 atom stereocenters. The fraction of sp³-hybridized carbons (Fsp3) is 0.591. The summed E-state index contributed by atoms with van der Waals surface area (Å²) in [6.45, 7) is 9.80. The summed E-state index contributed by atoms with van der Waals surface area (Å²) in [5.74, 6) is 0.656. The van der Waals surface area contributed by atoms with E-state index < -0.39 is 5.60 Å². The Bertz CT molecular complexity index is 726. The lowest BCUT2D eigenvalue weighted by molar-refractivity contribution is 0.0263. The van der Waals surface area contributed by atoms with Crippen LogP contribution < -0.4 is 10.6 Å². The Morgan fingerprint density at radius 2 is 1.80 bits per heavy atom. The first-order valence-electron chi connectivity index (χ1n) is 10.3. The second-order valence-corrected chi connectivity index (χ2v) is 8.14. The van der Waals surface area contributed by atoms with Gasteiger partial charge in [0.2, 0.25) is 0 Å². The Kier molecular flexibility index (Phi) is 10.1. The molecule has 0 aliphatic heterocycles. The highest BCUT2D eigenvalue weighted by atomic mass is 16.6. The number of hydrogen-bond acceptors (Lipinski definition) is 4. The minimum atomic E-state index is -0.510. The number of guanidine groups is 1. The van der Waals surface area contributed by atoms with Crippen LogP contribution in [-0.2, 0) is 11.2 Å². The Morgan fingerprint density at radius 1 is 1.13 bits per heavy atom. The summed E-state index contributed by atoms with van der Waals surface area (Å²) < 4.78 is 5.42. The van der Waals surface area contributed by atoms with E-state index in [1.165, 1.54) is 0 Å². The molecule has 0 saturated carbocycles. The van der Waals surface area contributed by atoms with Crippen LogP contribution in [0.4, 0.5) is 4.79 Å². The summed E-state index contributed by atoms with van der Waals surface area (Å²) in [7, 11) is 5.20. The number of hydrogen-bond donors (Lipinski definition) is 2. The Morgan fingerprint density at radius 3 is 2.37 bits per heavy atom. The van der Waals surface area contributed by atoms with Crippen molar-refractivity contribution in [3.8, 4) is 0 Å². The molecule has 1 aromatic rings. The third-order valence-electron chi connectivity index (χ3n) is 4.22. The van der Waals surface area contributed by atoms with Gasteiger partial charge >= 0.3 is 6.09 Å². The summed E-state index contributed by atoms with van der Waals surface area (Å²) in [4.78, 5) is 31.7. The van der Waals surface area contributed by atoms with Gasteiger partial charge < -0.3 is 25.2 Å². The van der Waals surface area contributed by atoms with Crippen LogP contribution in [0.15, 0.2) is 29.3 Å². The lowest BCUT2D eigenvalue weighted by Crippen LogP contribution is -2.44. The minimum absolute atomic E-state index is 0.00671. The van der Waals surface area contributed by atoms with Crippen LogP contribution in [0.3, 0.4) is 0 Å². The van der Waals surface area contributed by atoms with Gasteiger partial charge in [0.1, 0.15) is 5.60 Å². The molecule has 0 saturated heterocycles. The van der Waals surface area contributed by atoms with E-state index in [-0.39, 0.29) is 12.0 Å². The van der Waals surface area contributed by atoms with Crippen molar-refractivity contribution in [3.63, 3.8) is 0 Å². The molecule has 1 rings (SSSR count). The molecule has 0 aliphatic rings. The van der Waals surface area contributed by atoms with Gasteiger partial charge in [-0.25, -0.2) is 4.79 Å². The van der Waals surface area contributed by atoms with Crippen molar-refractivity contribution < 1.29 is 14.3 Å². The average molecular weight is 420 g/mol. The monoisotopic (exact) mass is 419 g/mol. The number of benzene rings is 1.